The quantitative estimate of drug-likeness (QED) is 0.565. The summed E-state index contributed by atoms with van der Waals surface area (Å²) in [6.45, 7) is 0. The van der Waals surface area contributed by atoms with E-state index in [0.29, 0.717) is 23.7 Å². The summed E-state index contributed by atoms with van der Waals surface area (Å²) in [6, 6.07) is 16.0. The van der Waals surface area contributed by atoms with Crippen molar-refractivity contribution >= 4 is 11.5 Å². The van der Waals surface area contributed by atoms with Gasteiger partial charge in [0.1, 0.15) is 0 Å². The molecule has 2 unspecified atom stereocenters. The fraction of sp³-hybridized carbons (Fsp3) is 0.286. The third-order valence-corrected chi connectivity index (χ3v) is 6.81. The lowest BCUT2D eigenvalue weighted by atomic mass is 9.75. The number of aromatic nitrogens is 1. The number of nitrogens with one attached hydrogen (secondary N) is 1. The summed E-state index contributed by atoms with van der Waals surface area (Å²) in [6.07, 6.45) is 5.52. The highest BCUT2D eigenvalue weighted by Gasteiger charge is 2.36. The molecule has 2 aromatic carbocycles. The second-order valence-electron chi connectivity index (χ2n) is 8.70. The van der Waals surface area contributed by atoms with Crippen molar-refractivity contribution < 1.29 is 19.0 Å². The molecule has 0 bridgehead atoms. The zero-order valence-electron chi connectivity index (χ0n) is 19.6. The number of ketones is 1. The molecule has 34 heavy (non-hydrogen) atoms. The van der Waals surface area contributed by atoms with E-state index in [-0.39, 0.29) is 17.7 Å². The number of allylic oxidation sites excluding steroid dienone is 1. The highest BCUT2D eigenvalue weighted by molar-refractivity contribution is 6.00. The summed E-state index contributed by atoms with van der Waals surface area (Å²) in [7, 11) is 4.82. The maximum Gasteiger partial charge on any atom is 0.203 e. The molecule has 0 saturated carbocycles. The topological polar surface area (TPSA) is 69.7 Å². The van der Waals surface area contributed by atoms with Gasteiger partial charge in [-0.3, -0.25) is 9.78 Å². The van der Waals surface area contributed by atoms with Crippen molar-refractivity contribution in [2.45, 2.75) is 31.2 Å². The molecular weight excluding hydrogens is 428 g/mol. The van der Waals surface area contributed by atoms with Crippen molar-refractivity contribution in [2.24, 2.45) is 0 Å². The Balaban J connectivity index is 1.59. The lowest BCUT2D eigenvalue weighted by Crippen LogP contribution is -2.25. The molecule has 3 aromatic rings. The van der Waals surface area contributed by atoms with Gasteiger partial charge in [0.2, 0.25) is 5.75 Å². The van der Waals surface area contributed by atoms with Crippen molar-refractivity contribution in [2.75, 3.05) is 26.6 Å². The van der Waals surface area contributed by atoms with Gasteiger partial charge < -0.3 is 19.5 Å². The van der Waals surface area contributed by atoms with Crippen molar-refractivity contribution in [1.29, 1.82) is 0 Å². The number of carbonyl (C=O) groups excluding carboxylic acids is 1. The van der Waals surface area contributed by atoms with Crippen LogP contribution in [0.1, 0.15) is 41.5 Å². The van der Waals surface area contributed by atoms with Crippen LogP contribution in [0.3, 0.4) is 0 Å². The Bertz CT molecular complexity index is 1230. The molecule has 1 N–H and O–H groups in total. The summed E-state index contributed by atoms with van der Waals surface area (Å²) in [5, 5.41) is 3.65. The van der Waals surface area contributed by atoms with Gasteiger partial charge in [0.15, 0.2) is 17.3 Å². The Morgan fingerprint density at radius 3 is 2.26 bits per heavy atom. The number of benzene rings is 2. The first-order valence-electron chi connectivity index (χ1n) is 11.4. The molecule has 1 aromatic heterocycles. The SMILES string of the molecule is COc1cc(C2CC(=O)C3=C(Cc4ccccc4NC3c3ccncc3)C2)cc(OC)c1OC. The Labute approximate surface area is 199 Å². The van der Waals surface area contributed by atoms with Gasteiger partial charge >= 0.3 is 0 Å². The van der Waals surface area contributed by atoms with E-state index in [9.17, 15) is 4.79 Å². The van der Waals surface area contributed by atoms with Crippen molar-refractivity contribution in [3.63, 3.8) is 0 Å². The number of pyridine rings is 1. The van der Waals surface area contributed by atoms with Gasteiger partial charge in [0.25, 0.3) is 0 Å². The molecule has 0 radical (unpaired) electrons. The van der Waals surface area contributed by atoms with Crippen LogP contribution in [-0.4, -0.2) is 32.1 Å². The van der Waals surface area contributed by atoms with E-state index in [1.165, 1.54) is 11.1 Å². The summed E-state index contributed by atoms with van der Waals surface area (Å²) in [5.74, 6) is 1.96. The molecule has 1 aliphatic carbocycles. The first-order valence-corrected chi connectivity index (χ1v) is 11.4. The van der Waals surface area contributed by atoms with Crippen molar-refractivity contribution in [3.8, 4) is 17.2 Å². The lowest BCUT2D eigenvalue weighted by molar-refractivity contribution is -0.116. The molecule has 0 fully saturated rings. The maximum atomic E-state index is 13.7. The molecule has 6 nitrogen and oxygen atoms in total. The lowest BCUT2D eigenvalue weighted by Gasteiger charge is -2.30. The molecular formula is C28H28N2O4. The fourth-order valence-corrected chi connectivity index (χ4v) is 5.19. The van der Waals surface area contributed by atoms with E-state index in [1.54, 1.807) is 33.7 Å². The van der Waals surface area contributed by atoms with Gasteiger partial charge in [0.05, 0.1) is 27.4 Å². The van der Waals surface area contributed by atoms with Gasteiger partial charge in [-0.2, -0.15) is 0 Å². The largest absolute Gasteiger partial charge is 0.493 e. The van der Waals surface area contributed by atoms with Gasteiger partial charge in [-0.15, -0.1) is 0 Å². The molecule has 1 aliphatic heterocycles. The van der Waals surface area contributed by atoms with Crippen LogP contribution in [0.5, 0.6) is 17.2 Å². The second-order valence-corrected chi connectivity index (χ2v) is 8.70. The van der Waals surface area contributed by atoms with Crippen LogP contribution >= 0.6 is 0 Å². The summed E-state index contributed by atoms with van der Waals surface area (Å²) < 4.78 is 16.6. The number of hydrogen-bond donors (Lipinski definition) is 1. The molecule has 0 spiro atoms. The average Bonchev–Trinajstić information content (AvgIpc) is 3.05. The highest BCUT2D eigenvalue weighted by atomic mass is 16.5. The number of para-hydroxylation sites is 1. The van der Waals surface area contributed by atoms with Crippen LogP contribution in [0, 0.1) is 0 Å². The van der Waals surface area contributed by atoms with Gasteiger partial charge in [-0.1, -0.05) is 23.8 Å². The molecule has 174 valence electrons. The van der Waals surface area contributed by atoms with E-state index in [0.717, 1.165) is 35.2 Å². The smallest absolute Gasteiger partial charge is 0.203 e. The number of fused-ring (bicyclic) bond motifs is 1. The van der Waals surface area contributed by atoms with Crippen molar-refractivity contribution in [1.82, 2.24) is 4.98 Å². The maximum absolute atomic E-state index is 13.7. The number of rotatable bonds is 5. The van der Waals surface area contributed by atoms with Crippen molar-refractivity contribution in [3.05, 3.63) is 88.8 Å². The van der Waals surface area contributed by atoms with E-state index in [1.807, 2.05) is 30.3 Å². The monoisotopic (exact) mass is 456 g/mol. The van der Waals surface area contributed by atoms with Crippen LogP contribution in [-0.2, 0) is 11.2 Å². The second kappa shape index (κ2) is 9.21. The Morgan fingerprint density at radius 1 is 0.882 bits per heavy atom. The number of hydrogen-bond acceptors (Lipinski definition) is 6. The first-order chi connectivity index (χ1) is 16.6. The number of Topliss-reactive ketones (excluding diaryl/α,β-unsaturated/α-hetero) is 1. The molecule has 2 atom stereocenters. The van der Waals surface area contributed by atoms with Gasteiger partial charge in [-0.05, 0) is 65.8 Å². The number of methoxy groups -OCH3 is 3. The van der Waals surface area contributed by atoms with Crippen LogP contribution in [0.15, 0.2) is 72.1 Å². The molecule has 6 heteroatoms. The van der Waals surface area contributed by atoms with E-state index >= 15 is 0 Å². The molecule has 0 amide bonds. The number of anilines is 1. The molecule has 0 saturated heterocycles. The average molecular weight is 457 g/mol. The Kier molecular flexibility index (Phi) is 5.97. The van der Waals surface area contributed by atoms with Gasteiger partial charge in [-0.25, -0.2) is 0 Å². The number of nitrogens with zero attached hydrogens (tertiary/aromatic N) is 1. The fourth-order valence-electron chi connectivity index (χ4n) is 5.19. The normalized spacial score (nSPS) is 19.4. The van der Waals surface area contributed by atoms with Crippen LogP contribution in [0.2, 0.25) is 0 Å². The zero-order chi connectivity index (χ0) is 23.7. The minimum Gasteiger partial charge on any atom is -0.493 e. The summed E-state index contributed by atoms with van der Waals surface area (Å²) in [5.41, 5.74) is 6.38. The van der Waals surface area contributed by atoms with Crippen LogP contribution in [0.25, 0.3) is 0 Å². The van der Waals surface area contributed by atoms with Crippen LogP contribution in [0.4, 0.5) is 5.69 Å². The molecule has 5 rings (SSSR count). The van der Waals surface area contributed by atoms with E-state index < -0.39 is 0 Å². The summed E-state index contributed by atoms with van der Waals surface area (Å²) >= 11 is 0. The minimum absolute atomic E-state index is 0.0308. The van der Waals surface area contributed by atoms with Gasteiger partial charge in [0, 0.05) is 30.1 Å². The molecule has 2 heterocycles. The first kappa shape index (κ1) is 22.0. The van der Waals surface area contributed by atoms with Crippen LogP contribution < -0.4 is 19.5 Å². The number of ether oxygens (including phenoxy) is 3. The summed E-state index contributed by atoms with van der Waals surface area (Å²) in [4.78, 5) is 17.9. The van der Waals surface area contributed by atoms with E-state index in [4.69, 9.17) is 14.2 Å². The highest BCUT2D eigenvalue weighted by Crippen LogP contribution is 2.47. The third-order valence-electron chi connectivity index (χ3n) is 6.81. The Morgan fingerprint density at radius 2 is 1.59 bits per heavy atom. The predicted octanol–water partition coefficient (Wildman–Crippen LogP) is 5.26. The Hall–Kier alpha value is -3.80. The molecule has 2 aliphatic rings. The zero-order valence-corrected chi connectivity index (χ0v) is 19.6. The minimum atomic E-state index is -0.199. The standard InChI is InChI=1S/C28H28N2O4/c1-32-24-15-20(16-25(33-2)28(24)34-3)19-13-21-12-18-6-4-5-7-22(18)30-27(26(21)23(31)14-19)17-8-10-29-11-9-17/h4-11,15-16,19,27,30H,12-14H2,1-3H3. The predicted molar refractivity (Wildman–Crippen MR) is 131 cm³/mol. The third kappa shape index (κ3) is 3.89. The van der Waals surface area contributed by atoms with E-state index in [2.05, 4.69) is 28.5 Å². The number of carbonyl (C=O) groups is 1.